The number of nitrogens with zero attached hydrogens (tertiary/aromatic N) is 2. The minimum atomic E-state index is -0.414. The van der Waals surface area contributed by atoms with Crippen LogP contribution in [0.4, 0.5) is 17.3 Å². The van der Waals surface area contributed by atoms with E-state index in [9.17, 15) is 10.1 Å². The highest BCUT2D eigenvalue weighted by Gasteiger charge is 2.36. The number of hydrogen-bond donors (Lipinski definition) is 2. The van der Waals surface area contributed by atoms with Crippen molar-refractivity contribution in [2.75, 3.05) is 30.8 Å². The molecule has 0 aliphatic heterocycles. The van der Waals surface area contributed by atoms with Crippen molar-refractivity contribution in [2.24, 2.45) is 0 Å². The number of ether oxygens (including phenoxy) is 1. The van der Waals surface area contributed by atoms with Crippen molar-refractivity contribution in [3.05, 3.63) is 22.2 Å². The van der Waals surface area contributed by atoms with Gasteiger partial charge in [0.2, 0.25) is 0 Å². The average molecular weight is 280 g/mol. The molecule has 1 aromatic heterocycles. The third-order valence-corrected chi connectivity index (χ3v) is 3.67. The van der Waals surface area contributed by atoms with E-state index in [1.807, 2.05) is 6.92 Å². The topological polar surface area (TPSA) is 89.3 Å². The average Bonchev–Trinajstić information content (AvgIpc) is 2.38. The number of methoxy groups -OCH3 is 1. The van der Waals surface area contributed by atoms with Crippen LogP contribution in [0.1, 0.15) is 26.2 Å². The molecule has 110 valence electrons. The molecule has 7 nitrogen and oxygen atoms in total. The molecule has 0 amide bonds. The van der Waals surface area contributed by atoms with E-state index in [2.05, 4.69) is 15.6 Å². The molecule has 1 heterocycles. The summed E-state index contributed by atoms with van der Waals surface area (Å²) in [5.41, 5.74) is -0.122. The van der Waals surface area contributed by atoms with E-state index in [4.69, 9.17) is 4.74 Å². The third-order valence-electron chi connectivity index (χ3n) is 3.67. The molecular formula is C13H20N4O3. The molecule has 0 unspecified atom stereocenters. The van der Waals surface area contributed by atoms with E-state index >= 15 is 0 Å². The minimum Gasteiger partial charge on any atom is -0.376 e. The highest BCUT2D eigenvalue weighted by molar-refractivity contribution is 5.54. The van der Waals surface area contributed by atoms with Crippen LogP contribution in [0.5, 0.6) is 0 Å². The van der Waals surface area contributed by atoms with Gasteiger partial charge in [0.05, 0.1) is 22.7 Å². The van der Waals surface area contributed by atoms with Gasteiger partial charge in [0, 0.05) is 20.2 Å². The molecule has 0 saturated heterocycles. The zero-order valence-electron chi connectivity index (χ0n) is 11.8. The fourth-order valence-electron chi connectivity index (χ4n) is 2.26. The summed E-state index contributed by atoms with van der Waals surface area (Å²) in [6.07, 6.45) is 3.16. The molecule has 1 aliphatic carbocycles. The maximum absolute atomic E-state index is 10.9. The van der Waals surface area contributed by atoms with Crippen molar-refractivity contribution >= 4 is 17.3 Å². The summed E-state index contributed by atoms with van der Waals surface area (Å²) in [5, 5.41) is 17.1. The first-order valence-electron chi connectivity index (χ1n) is 6.78. The van der Waals surface area contributed by atoms with Crippen LogP contribution in [-0.2, 0) is 4.74 Å². The molecule has 0 spiro atoms. The van der Waals surface area contributed by atoms with Gasteiger partial charge < -0.3 is 15.4 Å². The summed E-state index contributed by atoms with van der Waals surface area (Å²) in [6, 6.07) is 2.88. The van der Waals surface area contributed by atoms with E-state index in [1.165, 1.54) is 12.1 Å². The molecule has 1 aromatic rings. The quantitative estimate of drug-likeness (QED) is 0.589. The number of rotatable bonds is 7. The molecule has 1 saturated carbocycles. The first-order valence-corrected chi connectivity index (χ1v) is 6.78. The van der Waals surface area contributed by atoms with Crippen molar-refractivity contribution in [3.8, 4) is 0 Å². The van der Waals surface area contributed by atoms with Crippen LogP contribution in [0, 0.1) is 10.1 Å². The first kappa shape index (κ1) is 14.5. The Morgan fingerprint density at radius 2 is 2.05 bits per heavy atom. The van der Waals surface area contributed by atoms with Crippen LogP contribution in [0.15, 0.2) is 12.1 Å². The summed E-state index contributed by atoms with van der Waals surface area (Å²) < 4.78 is 5.51. The van der Waals surface area contributed by atoms with E-state index in [0.717, 1.165) is 19.3 Å². The minimum absolute atomic E-state index is 0.0264. The lowest BCUT2D eigenvalue weighted by Crippen LogP contribution is -2.45. The summed E-state index contributed by atoms with van der Waals surface area (Å²) in [7, 11) is 1.70. The highest BCUT2D eigenvalue weighted by Crippen LogP contribution is 2.35. The highest BCUT2D eigenvalue weighted by atomic mass is 16.6. The van der Waals surface area contributed by atoms with Gasteiger partial charge in [0.15, 0.2) is 0 Å². The van der Waals surface area contributed by atoms with Gasteiger partial charge >= 0.3 is 0 Å². The maximum atomic E-state index is 10.9. The van der Waals surface area contributed by atoms with Gasteiger partial charge in [-0.1, -0.05) is 0 Å². The molecule has 20 heavy (non-hydrogen) atoms. The van der Waals surface area contributed by atoms with Crippen LogP contribution in [0.3, 0.4) is 0 Å². The molecule has 0 aromatic carbocycles. The van der Waals surface area contributed by atoms with Crippen molar-refractivity contribution in [3.63, 3.8) is 0 Å². The second-order valence-corrected chi connectivity index (χ2v) is 4.98. The van der Waals surface area contributed by atoms with Gasteiger partial charge in [-0.25, -0.2) is 4.98 Å². The standard InChI is InChI=1S/C13H20N4O3/c1-3-14-11-7-10(17(18)19)8-12(16-11)15-9-13(20-2)5-4-6-13/h7-8H,3-6,9H2,1-2H3,(H2,14,15,16). The number of aromatic nitrogens is 1. The number of anilines is 2. The fourth-order valence-corrected chi connectivity index (χ4v) is 2.26. The molecule has 0 atom stereocenters. The lowest BCUT2D eigenvalue weighted by Gasteiger charge is -2.40. The van der Waals surface area contributed by atoms with E-state index in [0.29, 0.717) is 24.7 Å². The Hall–Kier alpha value is -1.89. The van der Waals surface area contributed by atoms with Crippen molar-refractivity contribution < 1.29 is 9.66 Å². The predicted octanol–water partition coefficient (Wildman–Crippen LogP) is 2.40. The molecule has 2 N–H and O–H groups in total. The van der Waals surface area contributed by atoms with Crippen molar-refractivity contribution in [1.29, 1.82) is 0 Å². The second-order valence-electron chi connectivity index (χ2n) is 4.98. The van der Waals surface area contributed by atoms with Gasteiger partial charge in [0.1, 0.15) is 11.6 Å². The molecule has 0 bridgehead atoms. The van der Waals surface area contributed by atoms with Crippen LogP contribution in [0.25, 0.3) is 0 Å². The molecule has 0 radical (unpaired) electrons. The van der Waals surface area contributed by atoms with Crippen molar-refractivity contribution in [2.45, 2.75) is 31.8 Å². The number of pyridine rings is 1. The zero-order valence-corrected chi connectivity index (χ0v) is 11.8. The van der Waals surface area contributed by atoms with Gasteiger partial charge in [-0.3, -0.25) is 10.1 Å². The van der Waals surface area contributed by atoms with Crippen LogP contribution in [-0.4, -0.2) is 35.7 Å². The molecular weight excluding hydrogens is 260 g/mol. The monoisotopic (exact) mass is 280 g/mol. The summed E-state index contributed by atoms with van der Waals surface area (Å²) in [5.74, 6) is 1.00. The summed E-state index contributed by atoms with van der Waals surface area (Å²) in [6.45, 7) is 3.20. The Morgan fingerprint density at radius 1 is 1.40 bits per heavy atom. The van der Waals surface area contributed by atoms with Crippen LogP contribution >= 0.6 is 0 Å². The Morgan fingerprint density at radius 3 is 2.50 bits per heavy atom. The Kier molecular flexibility index (Phi) is 4.39. The van der Waals surface area contributed by atoms with Gasteiger partial charge in [0.25, 0.3) is 5.69 Å². The molecule has 2 rings (SSSR count). The van der Waals surface area contributed by atoms with E-state index in [1.54, 1.807) is 7.11 Å². The molecule has 1 aliphatic rings. The first-order chi connectivity index (χ1) is 9.58. The molecule has 7 heteroatoms. The largest absolute Gasteiger partial charge is 0.376 e. The summed E-state index contributed by atoms with van der Waals surface area (Å²) >= 11 is 0. The van der Waals surface area contributed by atoms with Gasteiger partial charge in [-0.15, -0.1) is 0 Å². The van der Waals surface area contributed by atoms with Gasteiger partial charge in [-0.2, -0.15) is 0 Å². The van der Waals surface area contributed by atoms with E-state index < -0.39 is 4.92 Å². The second kappa shape index (κ2) is 6.04. The van der Waals surface area contributed by atoms with Gasteiger partial charge in [-0.05, 0) is 26.2 Å². The van der Waals surface area contributed by atoms with Crippen LogP contribution < -0.4 is 10.6 Å². The Balaban J connectivity index is 2.11. The molecule has 1 fully saturated rings. The van der Waals surface area contributed by atoms with Crippen molar-refractivity contribution in [1.82, 2.24) is 4.98 Å². The number of nitrogens with one attached hydrogen (secondary N) is 2. The Labute approximate surface area is 117 Å². The normalized spacial score (nSPS) is 16.3. The summed E-state index contributed by atoms with van der Waals surface area (Å²) in [4.78, 5) is 14.8. The zero-order chi connectivity index (χ0) is 14.6. The number of nitro groups is 1. The lowest BCUT2D eigenvalue weighted by atomic mass is 9.80. The van der Waals surface area contributed by atoms with Crippen LogP contribution in [0.2, 0.25) is 0 Å². The maximum Gasteiger partial charge on any atom is 0.276 e. The lowest BCUT2D eigenvalue weighted by molar-refractivity contribution is -0.384. The SMILES string of the molecule is CCNc1cc([N+](=O)[O-])cc(NCC2(OC)CCC2)n1. The fraction of sp³-hybridized carbons (Fsp3) is 0.615. The van der Waals surface area contributed by atoms with E-state index in [-0.39, 0.29) is 11.3 Å². The third kappa shape index (κ3) is 3.16. The predicted molar refractivity (Wildman–Crippen MR) is 77.1 cm³/mol. The number of hydrogen-bond acceptors (Lipinski definition) is 6. The Bertz CT molecular complexity index is 483. The smallest absolute Gasteiger partial charge is 0.276 e.